The van der Waals surface area contributed by atoms with Crippen LogP contribution in [-0.2, 0) is 0 Å². The van der Waals surface area contributed by atoms with Crippen LogP contribution in [-0.4, -0.2) is 29.3 Å². The molecule has 0 saturated carbocycles. The zero-order chi connectivity index (χ0) is 8.39. The fourth-order valence-electron chi connectivity index (χ4n) is 1.12. The van der Waals surface area contributed by atoms with Gasteiger partial charge in [0, 0.05) is 25.2 Å². The van der Waals surface area contributed by atoms with Crippen LogP contribution >= 0.6 is 0 Å². The Morgan fingerprint density at radius 3 is 3.00 bits per heavy atom. The summed E-state index contributed by atoms with van der Waals surface area (Å²) in [6, 6.07) is 1.61. The summed E-state index contributed by atoms with van der Waals surface area (Å²) in [5.74, 6) is 1.17. The van der Waals surface area contributed by atoms with Crippen molar-refractivity contribution >= 4 is 6.29 Å². The monoisotopic (exact) mass is 163 g/mol. The number of aldehydes is 1. The van der Waals surface area contributed by atoms with Crippen LogP contribution in [0.2, 0.25) is 0 Å². The van der Waals surface area contributed by atoms with E-state index < -0.39 is 0 Å². The Balaban J connectivity index is 2.25. The highest BCUT2D eigenvalue weighted by Crippen LogP contribution is 2.14. The molecule has 0 bridgehead atoms. The summed E-state index contributed by atoms with van der Waals surface area (Å²) in [4.78, 5) is 18.6. The summed E-state index contributed by atoms with van der Waals surface area (Å²) in [6.45, 7) is 1.84. The van der Waals surface area contributed by atoms with Gasteiger partial charge < -0.3 is 5.32 Å². The van der Waals surface area contributed by atoms with E-state index in [1.54, 1.807) is 12.3 Å². The third-order valence-corrected chi connectivity index (χ3v) is 1.96. The number of hydrogen-bond acceptors (Lipinski definition) is 4. The fraction of sp³-hybridized carbons (Fsp3) is 0.375. The van der Waals surface area contributed by atoms with Gasteiger partial charge in [-0.3, -0.25) is 4.79 Å². The van der Waals surface area contributed by atoms with E-state index in [2.05, 4.69) is 15.3 Å². The highest BCUT2D eigenvalue weighted by atomic mass is 16.1. The third-order valence-electron chi connectivity index (χ3n) is 1.96. The predicted octanol–water partition coefficient (Wildman–Crippen LogP) is -0.0241. The van der Waals surface area contributed by atoms with Crippen LogP contribution in [0.4, 0.5) is 0 Å². The van der Waals surface area contributed by atoms with Gasteiger partial charge in [0.1, 0.15) is 11.5 Å². The van der Waals surface area contributed by atoms with Crippen LogP contribution in [0.3, 0.4) is 0 Å². The molecule has 2 heterocycles. The van der Waals surface area contributed by atoms with E-state index in [0.29, 0.717) is 11.6 Å². The van der Waals surface area contributed by atoms with Crippen molar-refractivity contribution in [3.05, 3.63) is 23.8 Å². The van der Waals surface area contributed by atoms with Crippen molar-refractivity contribution in [2.24, 2.45) is 0 Å². The van der Waals surface area contributed by atoms with E-state index in [4.69, 9.17) is 0 Å². The maximum atomic E-state index is 10.4. The third kappa shape index (κ3) is 1.21. The number of hydrogen-bond donors (Lipinski definition) is 1. The first-order valence-corrected chi connectivity index (χ1v) is 3.89. The molecule has 0 aromatic carbocycles. The summed E-state index contributed by atoms with van der Waals surface area (Å²) in [6.07, 6.45) is 2.38. The van der Waals surface area contributed by atoms with Crippen LogP contribution in [0.25, 0.3) is 0 Å². The SMILES string of the molecule is O=Cc1ccnc(C2CNC2)n1. The van der Waals surface area contributed by atoms with Crippen molar-refractivity contribution in [3.8, 4) is 0 Å². The average Bonchev–Trinajstić information content (AvgIpc) is 2.02. The predicted molar refractivity (Wildman–Crippen MR) is 43.0 cm³/mol. The molecule has 4 heteroatoms. The first-order chi connectivity index (χ1) is 5.90. The van der Waals surface area contributed by atoms with Crippen molar-refractivity contribution in [1.29, 1.82) is 0 Å². The van der Waals surface area contributed by atoms with Gasteiger partial charge in [-0.1, -0.05) is 0 Å². The molecule has 1 aliphatic rings. The minimum atomic E-state index is 0.393. The Hall–Kier alpha value is -1.29. The second-order valence-corrected chi connectivity index (χ2v) is 2.81. The van der Waals surface area contributed by atoms with E-state index >= 15 is 0 Å². The molecule has 0 amide bonds. The van der Waals surface area contributed by atoms with Crippen molar-refractivity contribution < 1.29 is 4.79 Å². The molecule has 1 aromatic rings. The second kappa shape index (κ2) is 2.98. The van der Waals surface area contributed by atoms with Gasteiger partial charge in [0.15, 0.2) is 6.29 Å². The average molecular weight is 163 g/mol. The molecule has 2 rings (SSSR count). The Morgan fingerprint density at radius 2 is 2.42 bits per heavy atom. The minimum absolute atomic E-state index is 0.393. The number of rotatable bonds is 2. The number of carbonyl (C=O) groups is 1. The lowest BCUT2D eigenvalue weighted by Gasteiger charge is -2.25. The normalized spacial score (nSPS) is 17.0. The lowest BCUT2D eigenvalue weighted by atomic mass is 10.0. The van der Waals surface area contributed by atoms with Crippen LogP contribution < -0.4 is 5.32 Å². The number of nitrogens with one attached hydrogen (secondary N) is 1. The maximum absolute atomic E-state index is 10.4. The molecule has 1 N–H and O–H groups in total. The van der Waals surface area contributed by atoms with E-state index in [1.165, 1.54) is 0 Å². The molecule has 62 valence electrons. The number of aromatic nitrogens is 2. The van der Waals surface area contributed by atoms with Gasteiger partial charge in [0.2, 0.25) is 0 Å². The minimum Gasteiger partial charge on any atom is -0.315 e. The van der Waals surface area contributed by atoms with Crippen molar-refractivity contribution in [2.45, 2.75) is 5.92 Å². The van der Waals surface area contributed by atoms with Gasteiger partial charge in [0.25, 0.3) is 0 Å². The van der Waals surface area contributed by atoms with Gasteiger partial charge >= 0.3 is 0 Å². The Bertz CT molecular complexity index is 296. The van der Waals surface area contributed by atoms with Crippen LogP contribution in [0.1, 0.15) is 22.2 Å². The molecular formula is C8H9N3O. The first-order valence-electron chi connectivity index (χ1n) is 3.89. The highest BCUT2D eigenvalue weighted by Gasteiger charge is 2.21. The Kier molecular flexibility index (Phi) is 1.83. The topological polar surface area (TPSA) is 54.9 Å². The van der Waals surface area contributed by atoms with Crippen LogP contribution in [0.5, 0.6) is 0 Å². The van der Waals surface area contributed by atoms with Gasteiger partial charge in [-0.15, -0.1) is 0 Å². The maximum Gasteiger partial charge on any atom is 0.168 e. The highest BCUT2D eigenvalue weighted by molar-refractivity contribution is 5.71. The van der Waals surface area contributed by atoms with Crippen molar-refractivity contribution in [2.75, 3.05) is 13.1 Å². The van der Waals surface area contributed by atoms with E-state index in [0.717, 1.165) is 25.2 Å². The largest absolute Gasteiger partial charge is 0.315 e. The Labute approximate surface area is 70.0 Å². The van der Waals surface area contributed by atoms with Crippen molar-refractivity contribution in [1.82, 2.24) is 15.3 Å². The smallest absolute Gasteiger partial charge is 0.168 e. The summed E-state index contributed by atoms with van der Waals surface area (Å²) in [7, 11) is 0. The van der Waals surface area contributed by atoms with Gasteiger partial charge in [0.05, 0.1) is 0 Å². The molecule has 0 radical (unpaired) electrons. The summed E-state index contributed by atoms with van der Waals surface area (Å²) in [5.41, 5.74) is 0.465. The molecule has 0 atom stereocenters. The lowest BCUT2D eigenvalue weighted by Crippen LogP contribution is -2.40. The molecule has 1 aliphatic heterocycles. The summed E-state index contributed by atoms with van der Waals surface area (Å²) >= 11 is 0. The molecule has 12 heavy (non-hydrogen) atoms. The molecule has 4 nitrogen and oxygen atoms in total. The molecular weight excluding hydrogens is 154 g/mol. The molecule has 1 fully saturated rings. The van der Waals surface area contributed by atoms with Crippen molar-refractivity contribution in [3.63, 3.8) is 0 Å². The zero-order valence-corrected chi connectivity index (χ0v) is 6.53. The van der Waals surface area contributed by atoms with Gasteiger partial charge in [-0.05, 0) is 6.07 Å². The van der Waals surface area contributed by atoms with E-state index in [-0.39, 0.29) is 0 Å². The number of carbonyl (C=O) groups excluding carboxylic acids is 1. The molecule has 0 aliphatic carbocycles. The lowest BCUT2D eigenvalue weighted by molar-refractivity contribution is 0.111. The standard InChI is InChI=1S/C8H9N3O/c12-5-7-1-2-10-8(11-7)6-3-9-4-6/h1-2,5-6,9H,3-4H2. The fourth-order valence-corrected chi connectivity index (χ4v) is 1.12. The van der Waals surface area contributed by atoms with E-state index in [1.807, 2.05) is 0 Å². The zero-order valence-electron chi connectivity index (χ0n) is 6.53. The van der Waals surface area contributed by atoms with Gasteiger partial charge in [-0.2, -0.15) is 0 Å². The molecule has 0 spiro atoms. The quantitative estimate of drug-likeness (QED) is 0.622. The first kappa shape index (κ1) is 7.36. The van der Waals surface area contributed by atoms with Crippen LogP contribution in [0.15, 0.2) is 12.3 Å². The summed E-state index contributed by atoms with van der Waals surface area (Å²) < 4.78 is 0. The van der Waals surface area contributed by atoms with E-state index in [9.17, 15) is 4.79 Å². The summed E-state index contributed by atoms with van der Waals surface area (Å²) in [5, 5.41) is 3.13. The Morgan fingerprint density at radius 1 is 1.58 bits per heavy atom. The van der Waals surface area contributed by atoms with Crippen LogP contribution in [0, 0.1) is 0 Å². The second-order valence-electron chi connectivity index (χ2n) is 2.81. The molecule has 1 aromatic heterocycles. The molecule has 1 saturated heterocycles. The molecule has 0 unspecified atom stereocenters. The number of nitrogens with zero attached hydrogens (tertiary/aromatic N) is 2. The van der Waals surface area contributed by atoms with Gasteiger partial charge in [-0.25, -0.2) is 9.97 Å².